The molecule has 0 unspecified atom stereocenters. The van der Waals surface area contributed by atoms with E-state index in [0.29, 0.717) is 5.75 Å². The maximum Gasteiger partial charge on any atom is 0.307 e. The van der Waals surface area contributed by atoms with E-state index >= 15 is 0 Å². The molecule has 0 aromatic heterocycles. The van der Waals surface area contributed by atoms with Gasteiger partial charge in [-0.1, -0.05) is 78.5 Å². The van der Waals surface area contributed by atoms with Crippen LogP contribution in [0.4, 0.5) is 0 Å². The summed E-state index contributed by atoms with van der Waals surface area (Å²) in [4.78, 5) is 13.1. The standard InChI is InChI=1S/C16H20O3S.C8H10OS.C6H14.C2H6/c1-4-6-15(7-5-2)20-19-14-9-12(3)8-13(10-14)11-16(17)18;1-9-7-3-5-8(10-2)6-4-7;1-3-5-6-4-2;1-2/h4,6-10H,5,11H2,1-3H3,(H,17,18);3-6H,1-2H3;3-6H2,1-2H3;1-2H3/b6-4-,15-7+;;;. The monoisotopic (exact) mass is 562 g/mol. The van der Waals surface area contributed by atoms with Crippen molar-refractivity contribution in [1.29, 1.82) is 0 Å². The number of allylic oxidation sites excluding steroid dienone is 3. The SMILES string of the molecule is C/C=C\C(=C/CC)SOc1cc(C)cc(CC(=O)O)c1.CC.CCCCCC.COc1ccc(SC)cc1. The fourth-order valence-corrected chi connectivity index (χ4v) is 4.08. The van der Waals surface area contributed by atoms with Gasteiger partial charge in [0, 0.05) is 9.80 Å². The molecule has 0 atom stereocenters. The number of carbonyl (C=O) groups is 1. The van der Waals surface area contributed by atoms with E-state index in [-0.39, 0.29) is 6.42 Å². The number of methoxy groups -OCH3 is 1. The quantitative estimate of drug-likeness (QED) is 0.120. The number of carboxylic acid groups (broad SMARTS) is 1. The molecule has 0 saturated heterocycles. The summed E-state index contributed by atoms with van der Waals surface area (Å²) in [6.45, 7) is 14.4. The Balaban J connectivity index is 0. The minimum atomic E-state index is -0.838. The van der Waals surface area contributed by atoms with Crippen LogP contribution in [0.25, 0.3) is 0 Å². The van der Waals surface area contributed by atoms with Crippen LogP contribution in [0.1, 0.15) is 84.8 Å². The Labute approximate surface area is 241 Å². The molecule has 0 saturated carbocycles. The highest BCUT2D eigenvalue weighted by Gasteiger charge is 2.05. The smallest absolute Gasteiger partial charge is 0.307 e. The molecule has 4 nitrogen and oxygen atoms in total. The van der Waals surface area contributed by atoms with Gasteiger partial charge in [0.2, 0.25) is 0 Å². The summed E-state index contributed by atoms with van der Waals surface area (Å²) in [5.41, 5.74) is 1.74. The molecule has 2 aromatic rings. The third-order valence-corrected chi connectivity index (χ3v) is 6.20. The average molecular weight is 563 g/mol. The van der Waals surface area contributed by atoms with Gasteiger partial charge in [0.25, 0.3) is 0 Å². The molecule has 1 N–H and O–H groups in total. The molecular weight excluding hydrogens is 512 g/mol. The van der Waals surface area contributed by atoms with Gasteiger partial charge in [-0.3, -0.25) is 4.79 Å². The van der Waals surface area contributed by atoms with E-state index in [2.05, 4.69) is 33.1 Å². The number of hydrogen-bond acceptors (Lipinski definition) is 5. The van der Waals surface area contributed by atoms with Gasteiger partial charge in [-0.25, -0.2) is 0 Å². The first-order valence-electron chi connectivity index (χ1n) is 13.5. The Bertz CT molecular complexity index is 879. The Morgan fingerprint density at radius 2 is 1.58 bits per heavy atom. The van der Waals surface area contributed by atoms with Crippen molar-refractivity contribution in [1.82, 2.24) is 0 Å². The minimum absolute atomic E-state index is 0.00915. The molecule has 214 valence electrons. The van der Waals surface area contributed by atoms with E-state index in [9.17, 15) is 4.79 Å². The number of ether oxygens (including phenoxy) is 1. The summed E-state index contributed by atoms with van der Waals surface area (Å²) in [7, 11) is 1.67. The molecule has 0 fully saturated rings. The van der Waals surface area contributed by atoms with Crippen molar-refractivity contribution in [3.05, 3.63) is 76.7 Å². The summed E-state index contributed by atoms with van der Waals surface area (Å²) in [6.07, 6.45) is 14.6. The van der Waals surface area contributed by atoms with Crippen molar-refractivity contribution >= 4 is 29.8 Å². The van der Waals surface area contributed by atoms with Crippen LogP contribution in [0.3, 0.4) is 0 Å². The second-order valence-electron chi connectivity index (χ2n) is 7.99. The van der Waals surface area contributed by atoms with Gasteiger partial charge in [0.05, 0.1) is 25.6 Å². The van der Waals surface area contributed by atoms with Crippen molar-refractivity contribution < 1.29 is 18.8 Å². The number of carboxylic acids is 1. The zero-order chi connectivity index (χ0) is 29.2. The number of unbranched alkanes of at least 4 members (excludes halogenated alkanes) is 3. The lowest BCUT2D eigenvalue weighted by atomic mass is 10.1. The topological polar surface area (TPSA) is 55.8 Å². The first-order valence-corrected chi connectivity index (χ1v) is 15.5. The molecule has 0 amide bonds. The van der Waals surface area contributed by atoms with E-state index in [4.69, 9.17) is 14.0 Å². The minimum Gasteiger partial charge on any atom is -0.497 e. The molecule has 0 aliphatic rings. The molecule has 2 rings (SSSR count). The highest BCUT2D eigenvalue weighted by atomic mass is 32.2. The number of rotatable bonds is 12. The third-order valence-electron chi connectivity index (χ3n) is 4.69. The lowest BCUT2D eigenvalue weighted by molar-refractivity contribution is -0.136. The fourth-order valence-electron chi connectivity index (χ4n) is 2.95. The predicted molar refractivity (Wildman–Crippen MR) is 170 cm³/mol. The Morgan fingerprint density at radius 1 is 0.974 bits per heavy atom. The summed E-state index contributed by atoms with van der Waals surface area (Å²) in [5, 5.41) is 8.84. The number of aryl methyl sites for hydroxylation is 1. The summed E-state index contributed by atoms with van der Waals surface area (Å²) in [6, 6.07) is 13.6. The second-order valence-corrected chi connectivity index (χ2v) is 9.68. The zero-order valence-electron chi connectivity index (χ0n) is 25.0. The van der Waals surface area contributed by atoms with Gasteiger partial charge in [-0.15, -0.1) is 11.8 Å². The van der Waals surface area contributed by atoms with Crippen LogP contribution in [0.2, 0.25) is 0 Å². The molecule has 0 radical (unpaired) electrons. The van der Waals surface area contributed by atoms with E-state index in [1.165, 1.54) is 42.6 Å². The fraction of sp³-hybridized carbons (Fsp3) is 0.469. The van der Waals surface area contributed by atoms with Gasteiger partial charge < -0.3 is 14.0 Å². The Morgan fingerprint density at radius 3 is 2.03 bits per heavy atom. The maximum atomic E-state index is 10.8. The van der Waals surface area contributed by atoms with Crippen LogP contribution in [0, 0.1) is 6.92 Å². The van der Waals surface area contributed by atoms with Crippen LogP contribution < -0.4 is 8.92 Å². The van der Waals surface area contributed by atoms with Gasteiger partial charge in [0.15, 0.2) is 0 Å². The van der Waals surface area contributed by atoms with E-state index in [1.54, 1.807) is 24.9 Å². The summed E-state index contributed by atoms with van der Waals surface area (Å²) < 4.78 is 10.7. The lowest BCUT2D eigenvalue weighted by Gasteiger charge is -2.08. The highest BCUT2D eigenvalue weighted by Crippen LogP contribution is 2.26. The van der Waals surface area contributed by atoms with Crippen LogP contribution in [0.5, 0.6) is 11.5 Å². The third kappa shape index (κ3) is 20.7. The normalized spacial score (nSPS) is 10.3. The molecule has 0 heterocycles. The van der Waals surface area contributed by atoms with Crippen molar-refractivity contribution in [2.45, 2.75) is 91.9 Å². The largest absolute Gasteiger partial charge is 0.497 e. The Hall–Kier alpha value is -2.31. The second kappa shape index (κ2) is 26.3. The number of thioether (sulfide) groups is 1. The first kappa shape index (κ1) is 37.8. The van der Waals surface area contributed by atoms with Crippen LogP contribution in [-0.4, -0.2) is 24.4 Å². The van der Waals surface area contributed by atoms with Crippen LogP contribution >= 0.6 is 23.8 Å². The predicted octanol–water partition coefficient (Wildman–Crippen LogP) is 10.5. The van der Waals surface area contributed by atoms with Crippen molar-refractivity contribution in [3.63, 3.8) is 0 Å². The summed E-state index contributed by atoms with van der Waals surface area (Å²) >= 11 is 3.02. The number of hydrogen-bond donors (Lipinski definition) is 1. The van der Waals surface area contributed by atoms with E-state index in [0.717, 1.165) is 28.2 Å². The van der Waals surface area contributed by atoms with Gasteiger partial charge in [0.1, 0.15) is 11.5 Å². The lowest BCUT2D eigenvalue weighted by Crippen LogP contribution is -2.00. The maximum absolute atomic E-state index is 10.8. The van der Waals surface area contributed by atoms with Crippen molar-refractivity contribution in [2.24, 2.45) is 0 Å². The number of aliphatic carboxylic acids is 1. The summed E-state index contributed by atoms with van der Waals surface area (Å²) in [5.74, 6) is 0.755. The van der Waals surface area contributed by atoms with Crippen molar-refractivity contribution in [3.8, 4) is 11.5 Å². The molecule has 2 aromatic carbocycles. The zero-order valence-corrected chi connectivity index (χ0v) is 26.6. The molecular formula is C32H50O4S2. The Kier molecular flexibility index (Phi) is 26.2. The first-order chi connectivity index (χ1) is 18.3. The van der Waals surface area contributed by atoms with Gasteiger partial charge in [-0.2, -0.15) is 0 Å². The van der Waals surface area contributed by atoms with Crippen LogP contribution in [0.15, 0.2) is 70.5 Å². The van der Waals surface area contributed by atoms with Crippen molar-refractivity contribution in [2.75, 3.05) is 13.4 Å². The van der Waals surface area contributed by atoms with Gasteiger partial charge >= 0.3 is 5.97 Å². The molecule has 0 spiro atoms. The van der Waals surface area contributed by atoms with E-state index < -0.39 is 5.97 Å². The molecule has 0 aliphatic carbocycles. The van der Waals surface area contributed by atoms with Crippen LogP contribution in [-0.2, 0) is 11.2 Å². The highest BCUT2D eigenvalue weighted by molar-refractivity contribution is 7.99. The molecule has 0 bridgehead atoms. The van der Waals surface area contributed by atoms with Gasteiger partial charge in [-0.05, 0) is 80.1 Å². The number of benzene rings is 2. The average Bonchev–Trinajstić information content (AvgIpc) is 2.92. The molecule has 6 heteroatoms. The molecule has 38 heavy (non-hydrogen) atoms. The van der Waals surface area contributed by atoms with E-state index in [1.807, 2.05) is 76.2 Å². The molecule has 0 aliphatic heterocycles.